The highest BCUT2D eigenvalue weighted by Gasteiger charge is 2.52. The van der Waals surface area contributed by atoms with Gasteiger partial charge in [-0.15, -0.1) is 0 Å². The average Bonchev–Trinajstić information content (AvgIpc) is 2.42. The number of halogens is 1. The van der Waals surface area contributed by atoms with Crippen molar-refractivity contribution in [1.82, 2.24) is 5.32 Å². The molecule has 0 unspecified atom stereocenters. The van der Waals surface area contributed by atoms with Crippen LogP contribution in [0.3, 0.4) is 0 Å². The number of amides is 4. The van der Waals surface area contributed by atoms with Crippen molar-refractivity contribution in [2.75, 3.05) is 4.90 Å². The van der Waals surface area contributed by atoms with Gasteiger partial charge in [-0.2, -0.15) is 0 Å². The van der Waals surface area contributed by atoms with Gasteiger partial charge in [-0.1, -0.05) is 13.8 Å². The quantitative estimate of drug-likeness (QED) is 0.870. The Morgan fingerprint density at radius 3 is 2.33 bits per heavy atom. The average molecular weight is 292 g/mol. The van der Waals surface area contributed by atoms with Gasteiger partial charge >= 0.3 is 6.03 Å². The zero-order valence-electron chi connectivity index (χ0n) is 12.2. The summed E-state index contributed by atoms with van der Waals surface area (Å²) >= 11 is 0. The highest BCUT2D eigenvalue weighted by molar-refractivity contribution is 6.30. The van der Waals surface area contributed by atoms with E-state index in [1.807, 2.05) is 0 Å². The standard InChI is InChI=1S/C15H17FN2O3/c1-4-15(5-2)12(19)17-14(21)18(13(15)20)11-7-6-10(16)8-9(11)3/h6-8H,4-5H2,1-3H3,(H,17,19,21). The summed E-state index contributed by atoms with van der Waals surface area (Å²) in [5.74, 6) is -1.58. The molecule has 1 saturated heterocycles. The van der Waals surface area contributed by atoms with Crippen LogP contribution in [0.15, 0.2) is 18.2 Å². The third kappa shape index (κ3) is 2.20. The normalized spacial score (nSPS) is 17.9. The summed E-state index contributed by atoms with van der Waals surface area (Å²) in [6.07, 6.45) is 0.580. The topological polar surface area (TPSA) is 66.5 Å². The van der Waals surface area contributed by atoms with Crippen LogP contribution >= 0.6 is 0 Å². The first-order chi connectivity index (χ1) is 9.87. The molecule has 4 amide bonds. The summed E-state index contributed by atoms with van der Waals surface area (Å²) in [4.78, 5) is 37.8. The SMILES string of the molecule is CCC1(CC)C(=O)NC(=O)N(c2ccc(F)cc2C)C1=O. The summed E-state index contributed by atoms with van der Waals surface area (Å²) in [6.45, 7) is 5.06. The van der Waals surface area contributed by atoms with Crippen molar-refractivity contribution in [3.05, 3.63) is 29.6 Å². The number of rotatable bonds is 3. The zero-order valence-corrected chi connectivity index (χ0v) is 12.2. The molecule has 21 heavy (non-hydrogen) atoms. The van der Waals surface area contributed by atoms with Crippen molar-refractivity contribution in [3.8, 4) is 0 Å². The first kappa shape index (κ1) is 15.2. The van der Waals surface area contributed by atoms with Gasteiger partial charge in [0, 0.05) is 0 Å². The van der Waals surface area contributed by atoms with E-state index in [4.69, 9.17) is 0 Å². The van der Waals surface area contributed by atoms with Gasteiger partial charge in [-0.25, -0.2) is 14.1 Å². The van der Waals surface area contributed by atoms with Crippen molar-refractivity contribution in [3.63, 3.8) is 0 Å². The van der Waals surface area contributed by atoms with Gasteiger partial charge in [0.15, 0.2) is 0 Å². The van der Waals surface area contributed by atoms with Crippen LogP contribution in [0.2, 0.25) is 0 Å². The van der Waals surface area contributed by atoms with Gasteiger partial charge < -0.3 is 0 Å². The molecule has 6 heteroatoms. The number of anilines is 1. The number of imide groups is 2. The van der Waals surface area contributed by atoms with E-state index in [9.17, 15) is 18.8 Å². The molecule has 2 rings (SSSR count). The van der Waals surface area contributed by atoms with Crippen molar-refractivity contribution in [2.45, 2.75) is 33.6 Å². The summed E-state index contributed by atoms with van der Waals surface area (Å²) < 4.78 is 13.2. The fourth-order valence-electron chi connectivity index (χ4n) is 2.64. The molecule has 1 aromatic carbocycles. The second-order valence-corrected chi connectivity index (χ2v) is 5.12. The van der Waals surface area contributed by atoms with E-state index in [1.165, 1.54) is 18.2 Å². The molecule has 0 saturated carbocycles. The van der Waals surface area contributed by atoms with Crippen LogP contribution in [-0.2, 0) is 9.59 Å². The van der Waals surface area contributed by atoms with Crippen molar-refractivity contribution >= 4 is 23.5 Å². The van der Waals surface area contributed by atoms with Gasteiger partial charge in [0.05, 0.1) is 5.69 Å². The number of aryl methyl sites for hydroxylation is 1. The molecule has 0 aliphatic carbocycles. The molecule has 1 fully saturated rings. The van der Waals surface area contributed by atoms with Crippen LogP contribution in [0.5, 0.6) is 0 Å². The van der Waals surface area contributed by atoms with Crippen LogP contribution in [-0.4, -0.2) is 17.8 Å². The second kappa shape index (κ2) is 5.27. The molecule has 1 N–H and O–H groups in total. The number of nitrogens with zero attached hydrogens (tertiary/aromatic N) is 1. The molecule has 0 bridgehead atoms. The monoisotopic (exact) mass is 292 g/mol. The Bertz CT molecular complexity index is 623. The highest BCUT2D eigenvalue weighted by Crippen LogP contribution is 2.35. The summed E-state index contributed by atoms with van der Waals surface area (Å²) in [6, 6.07) is 3.00. The van der Waals surface area contributed by atoms with E-state index in [0.717, 1.165) is 4.90 Å². The fraction of sp³-hybridized carbons (Fsp3) is 0.400. The van der Waals surface area contributed by atoms with Crippen LogP contribution in [0.4, 0.5) is 14.9 Å². The number of nitrogens with one attached hydrogen (secondary N) is 1. The molecule has 112 valence electrons. The maximum Gasteiger partial charge on any atom is 0.335 e. The largest absolute Gasteiger partial charge is 0.335 e. The second-order valence-electron chi connectivity index (χ2n) is 5.12. The van der Waals surface area contributed by atoms with Crippen LogP contribution in [0.25, 0.3) is 0 Å². The first-order valence-corrected chi connectivity index (χ1v) is 6.83. The Morgan fingerprint density at radius 1 is 1.19 bits per heavy atom. The summed E-state index contributed by atoms with van der Waals surface area (Å²) in [5.41, 5.74) is -0.513. The lowest BCUT2D eigenvalue weighted by Gasteiger charge is -2.38. The van der Waals surface area contributed by atoms with Crippen molar-refractivity contribution < 1.29 is 18.8 Å². The van der Waals surface area contributed by atoms with Crippen LogP contribution < -0.4 is 10.2 Å². The Morgan fingerprint density at radius 2 is 1.81 bits per heavy atom. The van der Waals surface area contributed by atoms with Gasteiger partial charge in [-0.3, -0.25) is 14.9 Å². The van der Waals surface area contributed by atoms with E-state index in [1.54, 1.807) is 20.8 Å². The number of benzene rings is 1. The molecule has 1 heterocycles. The molecular weight excluding hydrogens is 275 g/mol. The maximum atomic E-state index is 13.2. The van der Waals surface area contributed by atoms with Gasteiger partial charge in [0.25, 0.3) is 5.91 Å². The molecule has 1 aromatic rings. The van der Waals surface area contributed by atoms with Gasteiger partial charge in [0.2, 0.25) is 5.91 Å². The summed E-state index contributed by atoms with van der Waals surface area (Å²) in [5, 5.41) is 2.23. The molecule has 5 nitrogen and oxygen atoms in total. The zero-order chi connectivity index (χ0) is 15.8. The van der Waals surface area contributed by atoms with E-state index in [2.05, 4.69) is 5.32 Å². The molecule has 0 radical (unpaired) electrons. The third-order valence-corrected chi connectivity index (χ3v) is 4.08. The van der Waals surface area contributed by atoms with E-state index in [-0.39, 0.29) is 18.5 Å². The number of barbiturate groups is 1. The number of carbonyl (C=O) groups excluding carboxylic acids is 3. The Labute approximate surface area is 122 Å². The molecule has 0 aromatic heterocycles. The lowest BCUT2D eigenvalue weighted by Crippen LogP contribution is -2.64. The lowest BCUT2D eigenvalue weighted by molar-refractivity contribution is -0.143. The molecular formula is C15H17FN2O3. The van der Waals surface area contributed by atoms with Crippen LogP contribution in [0, 0.1) is 18.2 Å². The minimum Gasteiger partial charge on any atom is -0.276 e. The number of urea groups is 1. The summed E-state index contributed by atoms with van der Waals surface area (Å²) in [7, 11) is 0. The van der Waals surface area contributed by atoms with Crippen molar-refractivity contribution in [2.24, 2.45) is 5.41 Å². The molecule has 0 spiro atoms. The van der Waals surface area contributed by atoms with Gasteiger partial charge in [0.1, 0.15) is 11.2 Å². The van der Waals surface area contributed by atoms with Crippen LogP contribution in [0.1, 0.15) is 32.3 Å². The molecule has 0 atom stereocenters. The van der Waals surface area contributed by atoms with Gasteiger partial charge in [-0.05, 0) is 43.5 Å². The number of hydrogen-bond donors (Lipinski definition) is 1. The predicted molar refractivity (Wildman–Crippen MR) is 75.2 cm³/mol. The minimum absolute atomic E-state index is 0.290. The molecule has 1 aliphatic rings. The third-order valence-electron chi connectivity index (χ3n) is 4.08. The maximum absolute atomic E-state index is 13.2. The van der Waals surface area contributed by atoms with E-state index >= 15 is 0 Å². The first-order valence-electron chi connectivity index (χ1n) is 6.83. The molecule has 1 aliphatic heterocycles. The lowest BCUT2D eigenvalue weighted by atomic mass is 9.78. The Kier molecular flexibility index (Phi) is 3.80. The number of hydrogen-bond acceptors (Lipinski definition) is 3. The Hall–Kier alpha value is -2.24. The van der Waals surface area contributed by atoms with Crippen molar-refractivity contribution in [1.29, 1.82) is 0 Å². The Balaban J connectivity index is 2.54. The predicted octanol–water partition coefficient (Wildman–Crippen LogP) is 2.52. The van der Waals surface area contributed by atoms with E-state index < -0.39 is 29.1 Å². The minimum atomic E-state index is -1.26. The van der Waals surface area contributed by atoms with E-state index in [0.29, 0.717) is 5.56 Å². The smallest absolute Gasteiger partial charge is 0.276 e. The number of carbonyl (C=O) groups is 3. The highest BCUT2D eigenvalue weighted by atomic mass is 19.1. The fourth-order valence-corrected chi connectivity index (χ4v) is 2.64.